The molecule has 2 N–H and O–H groups in total. The predicted octanol–water partition coefficient (Wildman–Crippen LogP) is 3.49. The molecule has 0 saturated carbocycles. The van der Waals surface area contributed by atoms with E-state index < -0.39 is 0 Å². The summed E-state index contributed by atoms with van der Waals surface area (Å²) in [6.07, 6.45) is 6.97. The number of rotatable bonds is 4. The second kappa shape index (κ2) is 6.58. The standard InChI is InChI=1S/C17H21N4S/c1-12(2)10-21-5-3-13(4-6-21)15-8-19-9-16(20-15)17-7-14(18)11-22-17/h3,7-9,11H,4-6,10,18H2,1-2H3. The van der Waals surface area contributed by atoms with Gasteiger partial charge in [0.15, 0.2) is 0 Å². The Morgan fingerprint density at radius 2 is 2.14 bits per heavy atom. The van der Waals surface area contributed by atoms with E-state index in [9.17, 15) is 0 Å². The molecule has 3 heterocycles. The van der Waals surface area contributed by atoms with Crippen LogP contribution in [-0.4, -0.2) is 34.5 Å². The van der Waals surface area contributed by atoms with Crippen LogP contribution in [0, 0.1) is 5.92 Å². The Kier molecular flexibility index (Phi) is 4.55. The Balaban J connectivity index is 1.77. The molecule has 0 fully saturated rings. The molecule has 115 valence electrons. The van der Waals surface area contributed by atoms with Gasteiger partial charge in [0.05, 0.1) is 28.7 Å². The second-order valence-corrected chi connectivity index (χ2v) is 6.87. The Hall–Kier alpha value is -1.72. The van der Waals surface area contributed by atoms with Crippen LogP contribution in [0.1, 0.15) is 26.0 Å². The lowest BCUT2D eigenvalue weighted by Crippen LogP contribution is -2.31. The van der Waals surface area contributed by atoms with E-state index in [1.54, 1.807) is 17.5 Å². The van der Waals surface area contributed by atoms with Crippen molar-refractivity contribution in [3.05, 3.63) is 41.5 Å². The molecule has 0 spiro atoms. The molecule has 5 heteroatoms. The van der Waals surface area contributed by atoms with Crippen molar-refractivity contribution in [1.82, 2.24) is 14.9 Å². The number of nitrogens with zero attached hydrogens (tertiary/aromatic N) is 3. The van der Waals surface area contributed by atoms with Gasteiger partial charge in [-0.15, -0.1) is 11.3 Å². The molecule has 0 atom stereocenters. The van der Waals surface area contributed by atoms with E-state index in [1.165, 1.54) is 11.5 Å². The van der Waals surface area contributed by atoms with Gasteiger partial charge in [-0.25, -0.2) is 4.98 Å². The van der Waals surface area contributed by atoms with Crippen molar-refractivity contribution >= 4 is 22.6 Å². The minimum Gasteiger partial charge on any atom is -0.398 e. The molecule has 0 aliphatic carbocycles. The molecule has 3 rings (SSSR count). The van der Waals surface area contributed by atoms with E-state index in [1.807, 2.05) is 17.6 Å². The molecule has 0 bridgehead atoms. The maximum absolute atomic E-state index is 5.80. The Morgan fingerprint density at radius 1 is 1.32 bits per heavy atom. The monoisotopic (exact) mass is 313 g/mol. The van der Waals surface area contributed by atoms with E-state index in [-0.39, 0.29) is 0 Å². The highest BCUT2D eigenvalue weighted by atomic mass is 32.1. The first kappa shape index (κ1) is 15.2. The van der Waals surface area contributed by atoms with Crippen LogP contribution in [0.5, 0.6) is 0 Å². The maximum atomic E-state index is 5.80. The van der Waals surface area contributed by atoms with Crippen molar-refractivity contribution in [2.45, 2.75) is 20.3 Å². The van der Waals surface area contributed by atoms with Crippen molar-refractivity contribution in [3.63, 3.8) is 0 Å². The molecule has 2 aromatic heterocycles. The van der Waals surface area contributed by atoms with E-state index in [0.717, 1.165) is 48.0 Å². The Bertz CT molecular complexity index is 675. The number of nitrogens with two attached hydrogens (primary N) is 1. The number of hydrogen-bond donors (Lipinski definition) is 1. The quantitative estimate of drug-likeness (QED) is 0.939. The zero-order valence-corrected chi connectivity index (χ0v) is 13.9. The predicted molar refractivity (Wildman–Crippen MR) is 93.4 cm³/mol. The minimum atomic E-state index is 0.783. The third-order valence-electron chi connectivity index (χ3n) is 3.67. The van der Waals surface area contributed by atoms with Gasteiger partial charge in [0.1, 0.15) is 0 Å². The normalized spacial score (nSPS) is 16.0. The number of nitrogen functional groups attached to an aromatic ring is 1. The Labute approximate surface area is 135 Å². The van der Waals surface area contributed by atoms with Crippen LogP contribution in [-0.2, 0) is 0 Å². The molecule has 2 aromatic rings. The van der Waals surface area contributed by atoms with Crippen LogP contribution in [0.15, 0.2) is 29.9 Å². The fraction of sp³-hybridized carbons (Fsp3) is 0.353. The lowest BCUT2D eigenvalue weighted by molar-refractivity contribution is 0.313. The highest BCUT2D eigenvalue weighted by Gasteiger charge is 2.15. The summed E-state index contributed by atoms with van der Waals surface area (Å²) < 4.78 is 0. The fourth-order valence-corrected chi connectivity index (χ4v) is 3.41. The van der Waals surface area contributed by atoms with Gasteiger partial charge >= 0.3 is 0 Å². The first-order valence-corrected chi connectivity index (χ1v) is 8.37. The average molecular weight is 313 g/mol. The third-order valence-corrected chi connectivity index (χ3v) is 4.64. The SMILES string of the molecule is C[C](C)CN1CC=C(c2cncc(-c3cc(N)cs3)n2)CC1. The Morgan fingerprint density at radius 3 is 2.77 bits per heavy atom. The van der Waals surface area contributed by atoms with Crippen molar-refractivity contribution in [2.24, 2.45) is 0 Å². The van der Waals surface area contributed by atoms with Gasteiger partial charge in [-0.2, -0.15) is 0 Å². The van der Waals surface area contributed by atoms with Crippen molar-refractivity contribution in [3.8, 4) is 10.6 Å². The lowest BCUT2D eigenvalue weighted by atomic mass is 10.0. The molecule has 0 amide bonds. The third kappa shape index (κ3) is 3.54. The second-order valence-electron chi connectivity index (χ2n) is 5.96. The van der Waals surface area contributed by atoms with Gasteiger partial charge in [0.25, 0.3) is 0 Å². The number of aromatic nitrogens is 2. The highest BCUT2D eigenvalue weighted by Crippen LogP contribution is 2.28. The van der Waals surface area contributed by atoms with E-state index in [4.69, 9.17) is 10.7 Å². The first-order chi connectivity index (χ1) is 10.6. The summed E-state index contributed by atoms with van der Waals surface area (Å²) in [6, 6.07) is 1.95. The number of hydrogen-bond acceptors (Lipinski definition) is 5. The van der Waals surface area contributed by atoms with Gasteiger partial charge in [-0.1, -0.05) is 19.9 Å². The van der Waals surface area contributed by atoms with Crippen LogP contribution in [0.3, 0.4) is 0 Å². The zero-order chi connectivity index (χ0) is 15.5. The summed E-state index contributed by atoms with van der Waals surface area (Å²) >= 11 is 1.61. The largest absolute Gasteiger partial charge is 0.398 e. The molecule has 1 radical (unpaired) electrons. The maximum Gasteiger partial charge on any atom is 0.0992 e. The molecule has 0 saturated heterocycles. The summed E-state index contributed by atoms with van der Waals surface area (Å²) in [5, 5.41) is 1.94. The van der Waals surface area contributed by atoms with E-state index in [0.29, 0.717) is 0 Å². The molecular formula is C17H21N4S. The molecule has 4 nitrogen and oxygen atoms in total. The minimum absolute atomic E-state index is 0.783. The van der Waals surface area contributed by atoms with Crippen LogP contribution >= 0.6 is 11.3 Å². The van der Waals surface area contributed by atoms with Gasteiger partial charge < -0.3 is 5.73 Å². The first-order valence-electron chi connectivity index (χ1n) is 7.49. The van der Waals surface area contributed by atoms with Crippen molar-refractivity contribution in [1.29, 1.82) is 0 Å². The summed E-state index contributed by atoms with van der Waals surface area (Å²) in [4.78, 5) is 12.6. The molecule has 1 aliphatic heterocycles. The highest BCUT2D eigenvalue weighted by molar-refractivity contribution is 7.14. The molecule has 0 aromatic carbocycles. The van der Waals surface area contributed by atoms with Crippen molar-refractivity contribution in [2.75, 3.05) is 25.4 Å². The summed E-state index contributed by atoms with van der Waals surface area (Å²) in [5.74, 6) is 1.45. The molecular weight excluding hydrogens is 292 g/mol. The summed E-state index contributed by atoms with van der Waals surface area (Å²) in [6.45, 7) is 7.50. The fourth-order valence-electron chi connectivity index (χ4n) is 2.66. The molecule has 22 heavy (non-hydrogen) atoms. The van der Waals surface area contributed by atoms with Gasteiger partial charge in [-0.3, -0.25) is 9.88 Å². The van der Waals surface area contributed by atoms with Crippen LogP contribution < -0.4 is 5.73 Å². The van der Waals surface area contributed by atoms with Gasteiger partial charge in [0, 0.05) is 30.7 Å². The molecule has 0 unspecified atom stereocenters. The summed E-state index contributed by atoms with van der Waals surface area (Å²) in [7, 11) is 0. The van der Waals surface area contributed by atoms with Crippen molar-refractivity contribution < 1.29 is 0 Å². The number of thiophene rings is 1. The van der Waals surface area contributed by atoms with Crippen LogP contribution in [0.4, 0.5) is 5.69 Å². The van der Waals surface area contributed by atoms with E-state index in [2.05, 4.69) is 29.8 Å². The summed E-state index contributed by atoms with van der Waals surface area (Å²) in [5.41, 5.74) is 9.76. The van der Waals surface area contributed by atoms with Gasteiger partial charge in [-0.05, 0) is 24.0 Å². The van der Waals surface area contributed by atoms with Crippen LogP contribution in [0.2, 0.25) is 0 Å². The number of anilines is 1. The zero-order valence-electron chi connectivity index (χ0n) is 13.0. The van der Waals surface area contributed by atoms with Gasteiger partial charge in [0.2, 0.25) is 0 Å². The average Bonchev–Trinajstić information content (AvgIpc) is 2.94. The topological polar surface area (TPSA) is 55.0 Å². The van der Waals surface area contributed by atoms with E-state index >= 15 is 0 Å². The smallest absolute Gasteiger partial charge is 0.0992 e. The molecule has 1 aliphatic rings. The van der Waals surface area contributed by atoms with Crippen LogP contribution in [0.25, 0.3) is 16.1 Å². The lowest BCUT2D eigenvalue weighted by Gasteiger charge is -2.27.